The van der Waals surface area contributed by atoms with E-state index in [1.165, 1.54) is 54.0 Å². The summed E-state index contributed by atoms with van der Waals surface area (Å²) in [7, 11) is 0. The number of fused-ring (bicyclic) bond motifs is 1. The summed E-state index contributed by atoms with van der Waals surface area (Å²) in [5.74, 6) is 2.46. The van der Waals surface area contributed by atoms with Gasteiger partial charge in [-0.05, 0) is 86.9 Å². The second-order valence-electron chi connectivity index (χ2n) is 13.7. The quantitative estimate of drug-likeness (QED) is 0.163. The molecule has 6 nitrogen and oxygen atoms in total. The van der Waals surface area contributed by atoms with E-state index >= 15 is 0 Å². The monoisotopic (exact) mass is 609 g/mol. The normalized spacial score (nSPS) is 15.9. The molecule has 1 amide bonds. The van der Waals surface area contributed by atoms with Gasteiger partial charge in [0.1, 0.15) is 11.6 Å². The number of rotatable bonds is 12. The van der Waals surface area contributed by atoms with Gasteiger partial charge in [-0.1, -0.05) is 81.6 Å². The van der Waals surface area contributed by atoms with E-state index in [1.54, 1.807) is 0 Å². The number of aryl methyl sites for hydroxylation is 2. The standard InChI is InChI=1S/C39H51N3O3/c1-29-18-21-32(22-19-29)42-37(28-36(41-42)39(2,3)4)40-38(43)17-8-5-14-31-20-23-35(34-16-7-6-15-33(31)34)45-26-11-13-30-12-9-10-25-44-27-24-30/h6-7,15-16,18-23,28,30H,5,8-14,17,24-27H2,1-4H3,(H,40,43). The SMILES string of the molecule is Cc1ccc(-n2nc(C(C)(C)C)cc2NC(=O)CCCCc2ccc(OCCCC3CCCCOCC3)c3ccccc23)cc1. The van der Waals surface area contributed by atoms with Gasteiger partial charge >= 0.3 is 0 Å². The van der Waals surface area contributed by atoms with Gasteiger partial charge in [0, 0.05) is 36.5 Å². The molecule has 0 aliphatic carbocycles. The highest BCUT2D eigenvalue weighted by Crippen LogP contribution is 2.31. The van der Waals surface area contributed by atoms with Crippen LogP contribution in [0.5, 0.6) is 5.75 Å². The van der Waals surface area contributed by atoms with Crippen molar-refractivity contribution in [3.8, 4) is 11.4 Å². The van der Waals surface area contributed by atoms with Crippen LogP contribution in [0.1, 0.15) is 95.4 Å². The van der Waals surface area contributed by atoms with Gasteiger partial charge in [-0.2, -0.15) is 5.10 Å². The van der Waals surface area contributed by atoms with Crippen molar-refractivity contribution in [3.63, 3.8) is 0 Å². The zero-order valence-electron chi connectivity index (χ0n) is 27.7. The van der Waals surface area contributed by atoms with E-state index in [0.717, 1.165) is 68.6 Å². The highest BCUT2D eigenvalue weighted by molar-refractivity contribution is 5.91. The smallest absolute Gasteiger partial charge is 0.225 e. The van der Waals surface area contributed by atoms with E-state index in [-0.39, 0.29) is 11.3 Å². The Balaban J connectivity index is 1.13. The lowest BCUT2D eigenvalue weighted by Gasteiger charge is -2.20. The predicted octanol–water partition coefficient (Wildman–Crippen LogP) is 9.35. The molecule has 6 heteroatoms. The topological polar surface area (TPSA) is 65.4 Å². The van der Waals surface area contributed by atoms with Crippen molar-refractivity contribution in [3.05, 3.63) is 83.6 Å². The summed E-state index contributed by atoms with van der Waals surface area (Å²) in [5.41, 5.74) is 4.26. The van der Waals surface area contributed by atoms with E-state index in [9.17, 15) is 4.79 Å². The molecule has 0 saturated carbocycles. The molecule has 1 saturated heterocycles. The lowest BCUT2D eigenvalue weighted by atomic mass is 9.92. The van der Waals surface area contributed by atoms with Crippen molar-refractivity contribution < 1.29 is 14.3 Å². The second-order valence-corrected chi connectivity index (χ2v) is 13.7. The molecule has 5 rings (SSSR count). The first-order valence-electron chi connectivity index (χ1n) is 17.0. The zero-order valence-corrected chi connectivity index (χ0v) is 27.7. The van der Waals surface area contributed by atoms with Crippen LogP contribution in [0.3, 0.4) is 0 Å². The van der Waals surface area contributed by atoms with Gasteiger partial charge in [0.2, 0.25) is 5.91 Å². The van der Waals surface area contributed by atoms with Gasteiger partial charge in [0.15, 0.2) is 0 Å². The molecule has 3 aromatic carbocycles. The van der Waals surface area contributed by atoms with Crippen LogP contribution in [0.4, 0.5) is 5.82 Å². The Kier molecular flexibility index (Phi) is 11.3. The number of carbonyl (C=O) groups is 1. The maximum Gasteiger partial charge on any atom is 0.225 e. The molecule has 1 fully saturated rings. The number of benzene rings is 3. The van der Waals surface area contributed by atoms with Crippen LogP contribution in [0.25, 0.3) is 16.5 Å². The molecule has 1 aliphatic rings. The second kappa shape index (κ2) is 15.6. The third-order valence-electron chi connectivity index (χ3n) is 8.93. The number of carbonyl (C=O) groups excluding carboxylic acids is 1. The number of unbranched alkanes of at least 4 members (excludes halogenated alkanes) is 1. The van der Waals surface area contributed by atoms with Crippen LogP contribution in [0, 0.1) is 12.8 Å². The highest BCUT2D eigenvalue weighted by atomic mass is 16.5. The summed E-state index contributed by atoms with van der Waals surface area (Å²) < 4.78 is 13.9. The molecule has 1 unspecified atom stereocenters. The van der Waals surface area contributed by atoms with Gasteiger partial charge in [-0.25, -0.2) is 4.68 Å². The Morgan fingerprint density at radius 3 is 2.56 bits per heavy atom. The molecule has 0 spiro atoms. The van der Waals surface area contributed by atoms with Crippen molar-refractivity contribution in [2.24, 2.45) is 5.92 Å². The number of amides is 1. The van der Waals surface area contributed by atoms with Crippen LogP contribution < -0.4 is 10.1 Å². The average Bonchev–Trinajstić information content (AvgIpc) is 3.43. The number of aromatic nitrogens is 2. The fraction of sp³-hybridized carbons (Fsp3) is 0.487. The molecule has 1 aromatic heterocycles. The van der Waals surface area contributed by atoms with E-state index < -0.39 is 0 Å². The fourth-order valence-corrected chi connectivity index (χ4v) is 6.18. The largest absolute Gasteiger partial charge is 0.493 e. The first kappa shape index (κ1) is 32.7. The Morgan fingerprint density at radius 1 is 0.956 bits per heavy atom. The molecule has 0 bridgehead atoms. The lowest BCUT2D eigenvalue weighted by Crippen LogP contribution is -2.15. The maximum absolute atomic E-state index is 13.1. The maximum atomic E-state index is 13.1. The average molecular weight is 610 g/mol. The number of nitrogens with one attached hydrogen (secondary N) is 1. The summed E-state index contributed by atoms with van der Waals surface area (Å²) in [5, 5.41) is 10.4. The van der Waals surface area contributed by atoms with Crippen molar-refractivity contribution >= 4 is 22.5 Å². The molecule has 2 heterocycles. The van der Waals surface area contributed by atoms with Crippen molar-refractivity contribution in [1.82, 2.24) is 9.78 Å². The van der Waals surface area contributed by atoms with Gasteiger partial charge < -0.3 is 14.8 Å². The molecule has 1 atom stereocenters. The van der Waals surface area contributed by atoms with Crippen molar-refractivity contribution in [2.45, 2.75) is 97.3 Å². The van der Waals surface area contributed by atoms with Crippen molar-refractivity contribution in [1.29, 1.82) is 0 Å². The summed E-state index contributed by atoms with van der Waals surface area (Å²) in [4.78, 5) is 13.1. The van der Waals surface area contributed by atoms with Crippen molar-refractivity contribution in [2.75, 3.05) is 25.1 Å². The van der Waals surface area contributed by atoms with Crippen LogP contribution in [-0.4, -0.2) is 35.5 Å². The molecule has 4 aromatic rings. The van der Waals surface area contributed by atoms with Gasteiger partial charge in [-0.15, -0.1) is 0 Å². The van der Waals surface area contributed by atoms with E-state index in [0.29, 0.717) is 12.2 Å². The molecule has 0 radical (unpaired) electrons. The summed E-state index contributed by atoms with van der Waals surface area (Å²) in [6.07, 6.45) is 10.4. The fourth-order valence-electron chi connectivity index (χ4n) is 6.18. The number of hydrogen-bond donors (Lipinski definition) is 1. The minimum atomic E-state index is -0.122. The number of anilines is 1. The summed E-state index contributed by atoms with van der Waals surface area (Å²) >= 11 is 0. The van der Waals surface area contributed by atoms with Crippen LogP contribution in [0.2, 0.25) is 0 Å². The number of ether oxygens (including phenoxy) is 2. The molecule has 1 N–H and O–H groups in total. The summed E-state index contributed by atoms with van der Waals surface area (Å²) in [6, 6.07) is 23.1. The minimum Gasteiger partial charge on any atom is -0.493 e. The van der Waals surface area contributed by atoms with E-state index in [4.69, 9.17) is 14.6 Å². The van der Waals surface area contributed by atoms with E-state index in [2.05, 4.69) is 81.5 Å². The molecular formula is C39H51N3O3. The van der Waals surface area contributed by atoms with Gasteiger partial charge in [0.05, 0.1) is 18.0 Å². The van der Waals surface area contributed by atoms with Crippen LogP contribution in [0.15, 0.2) is 66.7 Å². The third-order valence-corrected chi connectivity index (χ3v) is 8.93. The van der Waals surface area contributed by atoms with Crippen LogP contribution in [-0.2, 0) is 21.4 Å². The highest BCUT2D eigenvalue weighted by Gasteiger charge is 2.21. The van der Waals surface area contributed by atoms with Gasteiger partial charge in [0.25, 0.3) is 0 Å². The Hall–Kier alpha value is -3.64. The molecule has 1 aliphatic heterocycles. The summed E-state index contributed by atoms with van der Waals surface area (Å²) in [6.45, 7) is 11.1. The first-order valence-corrected chi connectivity index (χ1v) is 17.0. The lowest BCUT2D eigenvalue weighted by molar-refractivity contribution is -0.116. The first-order chi connectivity index (χ1) is 21.8. The zero-order chi connectivity index (χ0) is 31.6. The number of nitrogens with zero attached hydrogens (tertiary/aromatic N) is 2. The Morgan fingerprint density at radius 2 is 1.76 bits per heavy atom. The molecular weight excluding hydrogens is 558 g/mol. The minimum absolute atomic E-state index is 0.0178. The predicted molar refractivity (Wildman–Crippen MR) is 185 cm³/mol. The van der Waals surface area contributed by atoms with Crippen LogP contribution >= 0.6 is 0 Å². The van der Waals surface area contributed by atoms with Gasteiger partial charge in [-0.3, -0.25) is 4.79 Å². The Labute approximate surface area is 269 Å². The molecule has 45 heavy (non-hydrogen) atoms. The molecule has 240 valence electrons. The van der Waals surface area contributed by atoms with E-state index in [1.807, 2.05) is 22.9 Å². The number of hydrogen-bond acceptors (Lipinski definition) is 4. The third kappa shape index (κ3) is 9.20. The Bertz CT molecular complexity index is 1530.